The SMILES string of the molecule is Cc1nnc(CN=C(NCc2cccs2)NCC(O)c2ccc(OC(C)C)cc2)n1C.I. The van der Waals surface area contributed by atoms with Crippen LogP contribution in [-0.4, -0.2) is 38.5 Å². The zero-order valence-corrected chi connectivity index (χ0v) is 21.9. The third-order valence-corrected chi connectivity index (χ3v) is 5.55. The maximum Gasteiger partial charge on any atom is 0.192 e. The maximum absolute atomic E-state index is 10.6. The number of aryl methyl sites for hydroxylation is 1. The maximum atomic E-state index is 10.6. The standard InChI is InChI=1S/C22H30N6O2S.HI/c1-15(2)30-18-9-7-17(8-10-18)20(29)13-24-22(23-12-19-6-5-11-31-19)25-14-21-27-26-16(3)28(21)4;/h5-11,15,20,29H,12-14H2,1-4H3,(H2,23,24,25);1H. The Morgan fingerprint density at radius 2 is 1.94 bits per heavy atom. The van der Waals surface area contributed by atoms with Crippen molar-refractivity contribution in [1.29, 1.82) is 0 Å². The molecule has 0 saturated heterocycles. The highest BCUT2D eigenvalue weighted by Gasteiger charge is 2.11. The van der Waals surface area contributed by atoms with Crippen molar-refractivity contribution in [2.24, 2.45) is 12.0 Å². The van der Waals surface area contributed by atoms with Gasteiger partial charge in [-0.25, -0.2) is 4.99 Å². The average molecular weight is 571 g/mol. The summed E-state index contributed by atoms with van der Waals surface area (Å²) in [6.07, 6.45) is -0.567. The molecule has 8 nitrogen and oxygen atoms in total. The van der Waals surface area contributed by atoms with E-state index in [2.05, 4.69) is 31.9 Å². The Balaban J connectivity index is 0.00000363. The number of aliphatic hydroxyl groups excluding tert-OH is 1. The summed E-state index contributed by atoms with van der Waals surface area (Å²) >= 11 is 1.68. The van der Waals surface area contributed by atoms with Gasteiger partial charge in [0, 0.05) is 18.5 Å². The minimum Gasteiger partial charge on any atom is -0.491 e. The molecule has 0 fully saturated rings. The fraction of sp³-hybridized carbons (Fsp3) is 0.409. The first-order valence-electron chi connectivity index (χ1n) is 10.3. The summed E-state index contributed by atoms with van der Waals surface area (Å²) in [4.78, 5) is 5.82. The Hall–Kier alpha value is -2.18. The predicted molar refractivity (Wildman–Crippen MR) is 139 cm³/mol. The first-order valence-corrected chi connectivity index (χ1v) is 11.1. The van der Waals surface area contributed by atoms with Gasteiger partial charge >= 0.3 is 0 Å². The Labute approximate surface area is 210 Å². The number of thiophene rings is 1. The second-order valence-corrected chi connectivity index (χ2v) is 8.48. The van der Waals surface area contributed by atoms with Gasteiger partial charge in [-0.2, -0.15) is 0 Å². The summed E-state index contributed by atoms with van der Waals surface area (Å²) in [5.74, 6) is 3.01. The zero-order chi connectivity index (χ0) is 22.2. The number of benzene rings is 1. The topological polar surface area (TPSA) is 96.6 Å². The highest BCUT2D eigenvalue weighted by atomic mass is 127. The van der Waals surface area contributed by atoms with Crippen LogP contribution in [0.4, 0.5) is 0 Å². The number of hydrogen-bond acceptors (Lipinski definition) is 6. The number of aromatic nitrogens is 3. The van der Waals surface area contributed by atoms with Crippen molar-refractivity contribution in [3.05, 3.63) is 63.9 Å². The number of aliphatic hydroxyl groups is 1. The summed E-state index contributed by atoms with van der Waals surface area (Å²) in [5, 5.41) is 27.4. The normalized spacial score (nSPS) is 12.4. The molecule has 0 bridgehead atoms. The molecular weight excluding hydrogens is 539 g/mol. The lowest BCUT2D eigenvalue weighted by Crippen LogP contribution is -2.39. The molecule has 2 heterocycles. The van der Waals surface area contributed by atoms with E-state index in [4.69, 9.17) is 4.74 Å². The van der Waals surface area contributed by atoms with Gasteiger partial charge in [-0.15, -0.1) is 45.5 Å². The molecule has 0 aliphatic heterocycles. The van der Waals surface area contributed by atoms with Crippen molar-refractivity contribution in [2.75, 3.05) is 6.54 Å². The molecule has 32 heavy (non-hydrogen) atoms. The monoisotopic (exact) mass is 570 g/mol. The van der Waals surface area contributed by atoms with Crippen molar-refractivity contribution in [3.8, 4) is 5.75 Å². The molecule has 1 unspecified atom stereocenters. The van der Waals surface area contributed by atoms with Crippen LogP contribution in [0.3, 0.4) is 0 Å². The molecule has 2 aromatic heterocycles. The van der Waals surface area contributed by atoms with Crippen LogP contribution < -0.4 is 15.4 Å². The number of rotatable bonds is 9. The van der Waals surface area contributed by atoms with Gasteiger partial charge in [0.2, 0.25) is 0 Å². The lowest BCUT2D eigenvalue weighted by atomic mass is 10.1. The molecule has 0 radical (unpaired) electrons. The molecule has 174 valence electrons. The Morgan fingerprint density at radius 3 is 2.53 bits per heavy atom. The van der Waals surface area contributed by atoms with Crippen molar-refractivity contribution in [3.63, 3.8) is 0 Å². The van der Waals surface area contributed by atoms with Crippen LogP contribution in [0, 0.1) is 6.92 Å². The predicted octanol–water partition coefficient (Wildman–Crippen LogP) is 3.56. The van der Waals surface area contributed by atoms with Gasteiger partial charge in [0.1, 0.15) is 18.1 Å². The molecular formula is C22H31IN6O2S. The van der Waals surface area contributed by atoms with E-state index < -0.39 is 6.10 Å². The van der Waals surface area contributed by atoms with Crippen LogP contribution >= 0.6 is 35.3 Å². The third-order valence-electron chi connectivity index (χ3n) is 4.67. The number of nitrogens with zero attached hydrogens (tertiary/aromatic N) is 4. The molecule has 0 spiro atoms. The van der Waals surface area contributed by atoms with Gasteiger partial charge in [-0.1, -0.05) is 18.2 Å². The molecule has 3 aromatic rings. The van der Waals surface area contributed by atoms with Crippen molar-refractivity contribution >= 4 is 41.3 Å². The van der Waals surface area contributed by atoms with E-state index in [-0.39, 0.29) is 30.1 Å². The molecule has 3 rings (SSSR count). The number of halogens is 1. The van der Waals surface area contributed by atoms with Crippen LogP contribution in [0.15, 0.2) is 46.8 Å². The highest BCUT2D eigenvalue weighted by Crippen LogP contribution is 2.18. The van der Waals surface area contributed by atoms with Crippen LogP contribution in [0.1, 0.15) is 42.0 Å². The second kappa shape index (κ2) is 12.8. The number of nitrogens with one attached hydrogen (secondary N) is 2. The fourth-order valence-electron chi connectivity index (χ4n) is 2.85. The zero-order valence-electron chi connectivity index (χ0n) is 18.8. The van der Waals surface area contributed by atoms with E-state index in [1.165, 1.54) is 4.88 Å². The molecule has 1 aromatic carbocycles. The Kier molecular flexibility index (Phi) is 10.4. The van der Waals surface area contributed by atoms with Crippen LogP contribution in [0.25, 0.3) is 0 Å². The van der Waals surface area contributed by atoms with E-state index >= 15 is 0 Å². The van der Waals surface area contributed by atoms with Gasteiger partial charge in [0.15, 0.2) is 11.8 Å². The summed E-state index contributed by atoms with van der Waals surface area (Å²) in [6, 6.07) is 11.6. The molecule has 1 atom stereocenters. The minimum atomic E-state index is -0.682. The van der Waals surface area contributed by atoms with E-state index in [9.17, 15) is 5.11 Å². The summed E-state index contributed by atoms with van der Waals surface area (Å²) in [6.45, 7) is 7.23. The first-order chi connectivity index (χ1) is 14.9. The molecule has 0 aliphatic rings. The fourth-order valence-corrected chi connectivity index (χ4v) is 3.49. The quantitative estimate of drug-likeness (QED) is 0.207. The second-order valence-electron chi connectivity index (χ2n) is 7.45. The largest absolute Gasteiger partial charge is 0.491 e. The smallest absolute Gasteiger partial charge is 0.192 e. The van der Waals surface area contributed by atoms with Gasteiger partial charge < -0.3 is 25.0 Å². The van der Waals surface area contributed by atoms with Crippen molar-refractivity contribution in [2.45, 2.75) is 46.1 Å². The van der Waals surface area contributed by atoms with E-state index in [0.717, 1.165) is 23.0 Å². The van der Waals surface area contributed by atoms with Gasteiger partial charge in [-0.3, -0.25) is 0 Å². The van der Waals surface area contributed by atoms with Crippen molar-refractivity contribution in [1.82, 2.24) is 25.4 Å². The molecule has 0 amide bonds. The molecule has 10 heteroatoms. The van der Waals surface area contributed by atoms with Gasteiger partial charge in [0.05, 0.1) is 18.8 Å². The summed E-state index contributed by atoms with van der Waals surface area (Å²) in [7, 11) is 1.92. The van der Waals surface area contributed by atoms with Crippen molar-refractivity contribution < 1.29 is 9.84 Å². The lowest BCUT2D eigenvalue weighted by Gasteiger charge is -2.17. The van der Waals surface area contributed by atoms with Gasteiger partial charge in [0.25, 0.3) is 0 Å². The molecule has 0 aliphatic carbocycles. The molecule has 3 N–H and O–H groups in total. The van der Waals surface area contributed by atoms with Crippen LogP contribution in [0.5, 0.6) is 5.75 Å². The first kappa shape index (κ1) is 26.1. The van der Waals surface area contributed by atoms with E-state index in [1.54, 1.807) is 11.3 Å². The lowest BCUT2D eigenvalue weighted by molar-refractivity contribution is 0.180. The third kappa shape index (κ3) is 7.75. The number of guanidine groups is 1. The average Bonchev–Trinajstić information content (AvgIpc) is 3.38. The van der Waals surface area contributed by atoms with Gasteiger partial charge in [-0.05, 0) is 49.9 Å². The summed E-state index contributed by atoms with van der Waals surface area (Å²) in [5.41, 5.74) is 0.810. The Bertz CT molecular complexity index is 973. The number of aliphatic imine (C=N–C) groups is 1. The number of ether oxygens (including phenoxy) is 1. The highest BCUT2D eigenvalue weighted by molar-refractivity contribution is 14.0. The van der Waals surface area contributed by atoms with E-state index in [0.29, 0.717) is 25.6 Å². The van der Waals surface area contributed by atoms with Crippen LogP contribution in [-0.2, 0) is 20.1 Å². The Morgan fingerprint density at radius 1 is 1.19 bits per heavy atom. The van der Waals surface area contributed by atoms with E-state index in [1.807, 2.05) is 68.1 Å². The minimum absolute atomic E-state index is 0. The number of hydrogen-bond donors (Lipinski definition) is 3. The van der Waals surface area contributed by atoms with Crippen LogP contribution in [0.2, 0.25) is 0 Å². The molecule has 0 saturated carbocycles. The summed E-state index contributed by atoms with van der Waals surface area (Å²) < 4.78 is 7.57.